The van der Waals surface area contributed by atoms with Crippen LogP contribution in [0.1, 0.15) is 30.0 Å². The maximum Gasteiger partial charge on any atom is 0.243 e. The molecule has 1 unspecified atom stereocenters. The Morgan fingerprint density at radius 2 is 1.93 bits per heavy atom. The number of likely N-dealkylation sites (tertiary alicyclic amines) is 1. The van der Waals surface area contributed by atoms with Crippen LogP contribution in [0.15, 0.2) is 48.5 Å². The Bertz CT molecular complexity index is 1040. The zero-order valence-electron chi connectivity index (χ0n) is 15.6. The van der Waals surface area contributed by atoms with Crippen LogP contribution in [0.3, 0.4) is 0 Å². The molecule has 0 saturated carbocycles. The Labute approximate surface area is 167 Å². The Balaban J connectivity index is 1.58. The van der Waals surface area contributed by atoms with Crippen molar-refractivity contribution >= 4 is 18.1 Å². The van der Waals surface area contributed by atoms with Crippen molar-refractivity contribution in [3.8, 4) is 11.4 Å². The molecule has 0 radical (unpaired) electrons. The second kappa shape index (κ2) is 7.67. The minimum Gasteiger partial charge on any atom is -0.334 e. The average molecular weight is 396 g/mol. The number of nitrogens with zero attached hydrogens (tertiary/aromatic N) is 3. The minimum absolute atomic E-state index is 0.0160. The topological polar surface area (TPSA) is 53.9 Å². The van der Waals surface area contributed by atoms with Crippen LogP contribution in [-0.2, 0) is 11.3 Å². The number of rotatable bonds is 4. The molecule has 2 aromatic carbocycles. The predicted molar refractivity (Wildman–Crippen MR) is 108 cm³/mol. The number of amides is 1. The highest BCUT2D eigenvalue weighted by Crippen LogP contribution is 2.32. The van der Waals surface area contributed by atoms with Gasteiger partial charge in [-0.3, -0.25) is 14.5 Å². The highest BCUT2D eigenvalue weighted by atomic mass is 32.1. The molecule has 1 fully saturated rings. The maximum absolute atomic E-state index is 13.3. The van der Waals surface area contributed by atoms with E-state index in [-0.39, 0.29) is 24.3 Å². The standard InChI is InChI=1S/C21H21FN4OS/c1-14-4-6-16(7-5-14)20-23-24-21(28)26(20)13-19(27)25-12-2-3-18(25)15-8-10-17(22)11-9-15/h4-11,18H,2-3,12-13H2,1H3,(H,24,28). The van der Waals surface area contributed by atoms with Gasteiger partial charge in [0.15, 0.2) is 10.6 Å². The minimum atomic E-state index is -0.271. The van der Waals surface area contributed by atoms with Crippen LogP contribution < -0.4 is 0 Å². The van der Waals surface area contributed by atoms with Crippen molar-refractivity contribution in [1.82, 2.24) is 19.7 Å². The molecule has 28 heavy (non-hydrogen) atoms. The predicted octanol–water partition coefficient (Wildman–Crippen LogP) is 4.42. The molecule has 4 rings (SSSR count). The van der Waals surface area contributed by atoms with E-state index in [1.165, 1.54) is 12.1 Å². The number of aromatic nitrogens is 3. The molecule has 0 bridgehead atoms. The Morgan fingerprint density at radius 3 is 2.64 bits per heavy atom. The summed E-state index contributed by atoms with van der Waals surface area (Å²) in [4.78, 5) is 15.0. The lowest BCUT2D eigenvalue weighted by Crippen LogP contribution is -2.33. The van der Waals surface area contributed by atoms with Crippen LogP contribution in [0.2, 0.25) is 0 Å². The third-order valence-corrected chi connectivity index (χ3v) is 5.50. The molecule has 0 aliphatic carbocycles. The number of carbonyl (C=O) groups excluding carboxylic acids is 1. The Kier molecular flexibility index (Phi) is 5.09. The number of halogens is 1. The van der Waals surface area contributed by atoms with E-state index in [9.17, 15) is 9.18 Å². The van der Waals surface area contributed by atoms with E-state index in [0.29, 0.717) is 17.1 Å². The molecule has 1 aliphatic heterocycles. The second-order valence-corrected chi connectivity index (χ2v) is 7.49. The summed E-state index contributed by atoms with van der Waals surface area (Å²) < 4.78 is 15.4. The lowest BCUT2D eigenvalue weighted by Gasteiger charge is -2.25. The number of hydrogen-bond donors (Lipinski definition) is 1. The smallest absolute Gasteiger partial charge is 0.243 e. The average Bonchev–Trinajstić information content (AvgIpc) is 3.31. The monoisotopic (exact) mass is 396 g/mol. The first-order valence-corrected chi connectivity index (χ1v) is 9.71. The molecule has 7 heteroatoms. The van der Waals surface area contributed by atoms with Gasteiger partial charge in [0.05, 0.1) is 6.04 Å². The summed E-state index contributed by atoms with van der Waals surface area (Å²) >= 11 is 5.36. The van der Waals surface area contributed by atoms with E-state index in [1.54, 1.807) is 16.7 Å². The van der Waals surface area contributed by atoms with Gasteiger partial charge < -0.3 is 4.90 Å². The SMILES string of the molecule is Cc1ccc(-c2n[nH]c(=S)n2CC(=O)N2CCCC2c2ccc(F)cc2)cc1. The summed E-state index contributed by atoms with van der Waals surface area (Å²) in [5, 5.41) is 7.11. The molecular weight excluding hydrogens is 375 g/mol. The molecule has 3 aromatic rings. The molecule has 1 saturated heterocycles. The van der Waals surface area contributed by atoms with Crippen LogP contribution in [0, 0.1) is 17.5 Å². The number of carbonyl (C=O) groups is 1. The molecule has 1 atom stereocenters. The lowest BCUT2D eigenvalue weighted by molar-refractivity contribution is -0.132. The van der Waals surface area contributed by atoms with Crippen LogP contribution >= 0.6 is 12.2 Å². The number of H-pyrrole nitrogens is 1. The van der Waals surface area contributed by atoms with Gasteiger partial charge in [0, 0.05) is 12.1 Å². The van der Waals surface area contributed by atoms with E-state index in [0.717, 1.165) is 29.5 Å². The van der Waals surface area contributed by atoms with Crippen molar-refractivity contribution in [2.24, 2.45) is 0 Å². The van der Waals surface area contributed by atoms with Crippen molar-refractivity contribution in [2.75, 3.05) is 6.54 Å². The first-order valence-electron chi connectivity index (χ1n) is 9.30. The summed E-state index contributed by atoms with van der Waals surface area (Å²) in [7, 11) is 0. The van der Waals surface area contributed by atoms with Crippen LogP contribution in [-0.4, -0.2) is 32.1 Å². The molecule has 5 nitrogen and oxygen atoms in total. The zero-order valence-corrected chi connectivity index (χ0v) is 16.4. The third kappa shape index (κ3) is 3.62. The molecular formula is C21H21FN4OS. The van der Waals surface area contributed by atoms with Crippen molar-refractivity contribution in [1.29, 1.82) is 0 Å². The Hall–Kier alpha value is -2.80. The number of aromatic amines is 1. The van der Waals surface area contributed by atoms with E-state index in [4.69, 9.17) is 12.2 Å². The van der Waals surface area contributed by atoms with Gasteiger partial charge in [-0.05, 0) is 49.7 Å². The normalized spacial score (nSPS) is 16.5. The van der Waals surface area contributed by atoms with E-state index < -0.39 is 0 Å². The first-order chi connectivity index (χ1) is 13.5. The van der Waals surface area contributed by atoms with Gasteiger partial charge in [0.2, 0.25) is 5.91 Å². The van der Waals surface area contributed by atoms with Crippen LogP contribution in [0.25, 0.3) is 11.4 Å². The number of aryl methyl sites for hydroxylation is 1. The fourth-order valence-corrected chi connectivity index (χ4v) is 3.91. The Morgan fingerprint density at radius 1 is 1.21 bits per heavy atom. The maximum atomic E-state index is 13.3. The number of benzene rings is 2. The van der Waals surface area contributed by atoms with E-state index >= 15 is 0 Å². The summed E-state index contributed by atoms with van der Waals surface area (Å²) in [6.45, 7) is 2.83. The molecule has 2 heterocycles. The summed E-state index contributed by atoms with van der Waals surface area (Å²) in [6.07, 6.45) is 1.80. The van der Waals surface area contributed by atoms with Crippen LogP contribution in [0.5, 0.6) is 0 Å². The molecule has 1 aromatic heterocycles. The molecule has 1 aliphatic rings. The number of nitrogens with one attached hydrogen (secondary N) is 1. The van der Waals surface area contributed by atoms with Gasteiger partial charge in [-0.25, -0.2) is 4.39 Å². The molecule has 1 amide bonds. The summed E-state index contributed by atoms with van der Waals surface area (Å²) in [5.74, 6) is 0.362. The highest BCUT2D eigenvalue weighted by Gasteiger charge is 2.30. The van der Waals surface area contributed by atoms with Crippen molar-refractivity contribution < 1.29 is 9.18 Å². The zero-order chi connectivity index (χ0) is 19.7. The molecule has 144 valence electrons. The van der Waals surface area contributed by atoms with Crippen LogP contribution in [0.4, 0.5) is 4.39 Å². The second-order valence-electron chi connectivity index (χ2n) is 7.10. The van der Waals surface area contributed by atoms with Gasteiger partial charge in [0.1, 0.15) is 12.4 Å². The van der Waals surface area contributed by atoms with Crippen molar-refractivity contribution in [2.45, 2.75) is 32.4 Å². The quantitative estimate of drug-likeness (QED) is 0.664. The summed E-state index contributed by atoms with van der Waals surface area (Å²) in [6, 6.07) is 14.3. The summed E-state index contributed by atoms with van der Waals surface area (Å²) in [5.41, 5.74) is 3.02. The van der Waals surface area contributed by atoms with Gasteiger partial charge in [-0.15, -0.1) is 0 Å². The highest BCUT2D eigenvalue weighted by molar-refractivity contribution is 7.71. The molecule has 1 N–H and O–H groups in total. The van der Waals surface area contributed by atoms with Crippen molar-refractivity contribution in [3.63, 3.8) is 0 Å². The number of hydrogen-bond acceptors (Lipinski definition) is 3. The largest absolute Gasteiger partial charge is 0.334 e. The van der Waals surface area contributed by atoms with E-state index in [2.05, 4.69) is 10.2 Å². The van der Waals surface area contributed by atoms with Gasteiger partial charge in [-0.1, -0.05) is 42.0 Å². The lowest BCUT2D eigenvalue weighted by atomic mass is 10.0. The van der Waals surface area contributed by atoms with Gasteiger partial charge in [-0.2, -0.15) is 5.10 Å². The van der Waals surface area contributed by atoms with Crippen molar-refractivity contribution in [3.05, 3.63) is 70.2 Å². The fourth-order valence-electron chi connectivity index (χ4n) is 3.71. The fraction of sp³-hybridized carbons (Fsp3) is 0.286. The van der Waals surface area contributed by atoms with Gasteiger partial charge in [0.25, 0.3) is 0 Å². The third-order valence-electron chi connectivity index (χ3n) is 5.19. The van der Waals surface area contributed by atoms with E-state index in [1.807, 2.05) is 36.1 Å². The first kappa shape index (κ1) is 18.6. The molecule has 0 spiro atoms. The van der Waals surface area contributed by atoms with Gasteiger partial charge >= 0.3 is 0 Å².